The molecule has 0 fully saturated rings. The molecule has 5 nitrogen and oxygen atoms in total. The topological polar surface area (TPSA) is 78.4 Å². The summed E-state index contributed by atoms with van der Waals surface area (Å²) in [7, 11) is 0. The summed E-state index contributed by atoms with van der Waals surface area (Å²) in [5.74, 6) is -1.81. The molecule has 0 aliphatic rings. The summed E-state index contributed by atoms with van der Waals surface area (Å²) in [5, 5.41) is 8.82. The number of thiocarbonyl (C=S) groups is 1. The summed E-state index contributed by atoms with van der Waals surface area (Å²) in [6.07, 6.45) is -4.32. The number of benzene rings is 2. The van der Waals surface area contributed by atoms with Crippen molar-refractivity contribution < 1.29 is 27.9 Å². The highest BCUT2D eigenvalue weighted by atomic mass is 32.1. The highest BCUT2D eigenvalue weighted by Crippen LogP contribution is 2.29. The molecule has 2 rings (SSSR count). The van der Waals surface area contributed by atoms with Gasteiger partial charge in [0.25, 0.3) is 5.91 Å². The maximum atomic E-state index is 12.7. The largest absolute Gasteiger partial charge is 0.478 e. The van der Waals surface area contributed by atoms with Crippen LogP contribution in [0.1, 0.15) is 31.8 Å². The number of rotatable bonds is 4. The lowest BCUT2D eigenvalue weighted by Crippen LogP contribution is -2.41. The standard InChI is InChI=1S/C17H13F3N2O3S/c18-17(19,20)13-3-1-2-12(9-13)15(23)22-21-14(26)8-10-4-6-11(7-5-10)16(24)25/h1-7,9H,8H2,(H,21,26)(H,22,23)(H,24,25). The van der Waals surface area contributed by atoms with Gasteiger partial charge in [-0.05, 0) is 35.9 Å². The Labute approximate surface area is 151 Å². The molecule has 136 valence electrons. The lowest BCUT2D eigenvalue weighted by Gasteiger charge is -2.11. The zero-order valence-corrected chi connectivity index (χ0v) is 13.9. The van der Waals surface area contributed by atoms with E-state index < -0.39 is 23.6 Å². The molecule has 1 amide bonds. The molecule has 0 aliphatic heterocycles. The zero-order chi connectivity index (χ0) is 19.3. The van der Waals surface area contributed by atoms with Gasteiger partial charge in [-0.3, -0.25) is 15.6 Å². The van der Waals surface area contributed by atoms with Gasteiger partial charge in [0.15, 0.2) is 0 Å². The number of hydrazine groups is 1. The molecule has 0 heterocycles. The molecule has 2 aromatic rings. The van der Waals surface area contributed by atoms with Crippen LogP contribution in [0.3, 0.4) is 0 Å². The van der Waals surface area contributed by atoms with Crippen LogP contribution in [0.25, 0.3) is 0 Å². The SMILES string of the molecule is O=C(O)c1ccc(CC(=S)NNC(=O)c2cccc(C(F)(F)F)c2)cc1. The van der Waals surface area contributed by atoms with E-state index in [9.17, 15) is 22.8 Å². The van der Waals surface area contributed by atoms with Crippen molar-refractivity contribution in [2.24, 2.45) is 0 Å². The van der Waals surface area contributed by atoms with Crippen LogP contribution in [0.15, 0.2) is 48.5 Å². The summed E-state index contributed by atoms with van der Waals surface area (Å²) >= 11 is 5.05. The first-order chi connectivity index (χ1) is 12.2. The van der Waals surface area contributed by atoms with Gasteiger partial charge in [-0.1, -0.05) is 30.4 Å². The third kappa shape index (κ3) is 5.28. The van der Waals surface area contributed by atoms with E-state index in [0.29, 0.717) is 5.56 Å². The van der Waals surface area contributed by atoms with Crippen LogP contribution in [0.5, 0.6) is 0 Å². The summed E-state index contributed by atoms with van der Waals surface area (Å²) in [5.41, 5.74) is 4.44. The van der Waals surface area contributed by atoms with Crippen LogP contribution in [0, 0.1) is 0 Å². The number of aromatic carboxylic acids is 1. The van der Waals surface area contributed by atoms with Crippen molar-refractivity contribution in [2.45, 2.75) is 12.6 Å². The first-order valence-electron chi connectivity index (χ1n) is 7.25. The molecule has 0 aliphatic carbocycles. The quantitative estimate of drug-likeness (QED) is 0.559. The molecule has 0 aromatic heterocycles. The third-order valence-corrected chi connectivity index (χ3v) is 3.58. The summed E-state index contributed by atoms with van der Waals surface area (Å²) < 4.78 is 38.0. The number of nitrogens with one attached hydrogen (secondary N) is 2. The Morgan fingerprint density at radius 1 is 1.00 bits per heavy atom. The number of hydrogen-bond donors (Lipinski definition) is 3. The van der Waals surface area contributed by atoms with E-state index >= 15 is 0 Å². The molecular weight excluding hydrogens is 369 g/mol. The number of amides is 1. The number of alkyl halides is 3. The number of carboxylic acids is 1. The van der Waals surface area contributed by atoms with E-state index in [-0.39, 0.29) is 22.5 Å². The van der Waals surface area contributed by atoms with E-state index in [1.807, 2.05) is 0 Å². The number of hydrogen-bond acceptors (Lipinski definition) is 3. The molecule has 2 aromatic carbocycles. The van der Waals surface area contributed by atoms with Crippen molar-refractivity contribution in [3.05, 3.63) is 70.8 Å². The molecule has 0 radical (unpaired) electrons. The fourth-order valence-electron chi connectivity index (χ4n) is 2.03. The van der Waals surface area contributed by atoms with E-state index in [2.05, 4.69) is 10.9 Å². The normalized spacial score (nSPS) is 10.9. The molecular formula is C17H13F3N2O3S. The Morgan fingerprint density at radius 3 is 2.23 bits per heavy atom. The van der Waals surface area contributed by atoms with Crippen molar-refractivity contribution in [1.82, 2.24) is 10.9 Å². The maximum Gasteiger partial charge on any atom is 0.416 e. The van der Waals surface area contributed by atoms with Crippen LogP contribution in [-0.4, -0.2) is 22.0 Å². The van der Waals surface area contributed by atoms with Gasteiger partial charge in [-0.25, -0.2) is 4.79 Å². The van der Waals surface area contributed by atoms with Crippen molar-refractivity contribution >= 4 is 29.1 Å². The number of carbonyl (C=O) groups excluding carboxylic acids is 1. The Morgan fingerprint density at radius 2 is 1.65 bits per heavy atom. The van der Waals surface area contributed by atoms with Crippen molar-refractivity contribution in [3.8, 4) is 0 Å². The van der Waals surface area contributed by atoms with Gasteiger partial charge in [0.05, 0.1) is 16.1 Å². The van der Waals surface area contributed by atoms with Gasteiger partial charge in [0.1, 0.15) is 0 Å². The third-order valence-electron chi connectivity index (χ3n) is 3.33. The molecule has 0 saturated carbocycles. The molecule has 0 spiro atoms. The van der Waals surface area contributed by atoms with E-state index in [4.69, 9.17) is 17.3 Å². The summed E-state index contributed by atoms with van der Waals surface area (Å²) in [4.78, 5) is 22.9. The van der Waals surface area contributed by atoms with Gasteiger partial charge in [-0.2, -0.15) is 13.2 Å². The minimum atomic E-state index is -4.54. The zero-order valence-electron chi connectivity index (χ0n) is 13.1. The van der Waals surface area contributed by atoms with Crippen LogP contribution in [0.2, 0.25) is 0 Å². The van der Waals surface area contributed by atoms with Gasteiger partial charge in [-0.15, -0.1) is 0 Å². The molecule has 0 bridgehead atoms. The van der Waals surface area contributed by atoms with Crippen LogP contribution in [0.4, 0.5) is 13.2 Å². The van der Waals surface area contributed by atoms with Gasteiger partial charge >= 0.3 is 12.1 Å². The van der Waals surface area contributed by atoms with Crippen molar-refractivity contribution in [3.63, 3.8) is 0 Å². The molecule has 9 heteroatoms. The Kier molecular flexibility index (Phi) is 5.93. The van der Waals surface area contributed by atoms with E-state index in [1.165, 1.54) is 18.2 Å². The second-order valence-corrected chi connectivity index (χ2v) is 5.75. The van der Waals surface area contributed by atoms with Crippen molar-refractivity contribution in [1.29, 1.82) is 0 Å². The van der Waals surface area contributed by atoms with E-state index in [0.717, 1.165) is 18.2 Å². The lowest BCUT2D eigenvalue weighted by molar-refractivity contribution is -0.137. The molecule has 0 saturated heterocycles. The Balaban J connectivity index is 1.92. The summed E-state index contributed by atoms with van der Waals surface area (Å²) in [6.45, 7) is 0. The average molecular weight is 382 g/mol. The molecule has 0 unspecified atom stereocenters. The number of halogens is 3. The Bertz CT molecular complexity index is 836. The Hall–Kier alpha value is -2.94. The van der Waals surface area contributed by atoms with Crippen LogP contribution < -0.4 is 10.9 Å². The van der Waals surface area contributed by atoms with Gasteiger partial charge < -0.3 is 5.11 Å². The second-order valence-electron chi connectivity index (χ2n) is 5.26. The summed E-state index contributed by atoms with van der Waals surface area (Å²) in [6, 6.07) is 9.99. The fraction of sp³-hybridized carbons (Fsp3) is 0.118. The predicted molar refractivity (Wildman–Crippen MR) is 91.7 cm³/mol. The fourth-order valence-corrected chi connectivity index (χ4v) is 2.25. The highest BCUT2D eigenvalue weighted by molar-refractivity contribution is 7.80. The first-order valence-corrected chi connectivity index (χ1v) is 7.66. The molecule has 26 heavy (non-hydrogen) atoms. The number of carboxylic acid groups (broad SMARTS) is 1. The van der Waals surface area contributed by atoms with E-state index in [1.54, 1.807) is 12.1 Å². The lowest BCUT2D eigenvalue weighted by atomic mass is 10.1. The minimum Gasteiger partial charge on any atom is -0.478 e. The molecule has 3 N–H and O–H groups in total. The minimum absolute atomic E-state index is 0.130. The van der Waals surface area contributed by atoms with Gasteiger partial charge in [0.2, 0.25) is 0 Å². The molecule has 0 atom stereocenters. The highest BCUT2D eigenvalue weighted by Gasteiger charge is 2.30. The number of carbonyl (C=O) groups is 2. The van der Waals surface area contributed by atoms with Crippen LogP contribution >= 0.6 is 12.2 Å². The van der Waals surface area contributed by atoms with Crippen molar-refractivity contribution in [2.75, 3.05) is 0 Å². The maximum absolute atomic E-state index is 12.7. The smallest absolute Gasteiger partial charge is 0.416 e. The van der Waals surface area contributed by atoms with Gasteiger partial charge in [0, 0.05) is 12.0 Å². The van der Waals surface area contributed by atoms with Crippen LogP contribution in [-0.2, 0) is 12.6 Å². The predicted octanol–water partition coefficient (Wildman–Crippen LogP) is 3.21. The first kappa shape index (κ1) is 19.4. The second kappa shape index (κ2) is 7.96. The average Bonchev–Trinajstić information content (AvgIpc) is 2.59. The monoisotopic (exact) mass is 382 g/mol.